The minimum atomic E-state index is -4.40. The molecule has 1 unspecified atom stereocenters. The maximum Gasteiger partial charge on any atom is 0.417 e. The van der Waals surface area contributed by atoms with Gasteiger partial charge in [-0.2, -0.15) is 13.2 Å². The van der Waals surface area contributed by atoms with Crippen molar-refractivity contribution in [1.29, 1.82) is 0 Å². The summed E-state index contributed by atoms with van der Waals surface area (Å²) < 4.78 is 42.3. The molecule has 1 amide bonds. The highest BCUT2D eigenvalue weighted by molar-refractivity contribution is 5.82. The second-order valence-electron chi connectivity index (χ2n) is 5.81. The molecule has 0 spiro atoms. The quantitative estimate of drug-likeness (QED) is 0.850. The SMILES string of the molecule is O=C(NCCOc1ccc(C(F)(F)F)cn1)C1[C@H]2CCC[C@@H]12. The maximum absolute atomic E-state index is 12.4. The number of carbonyl (C=O) groups is 1. The van der Waals surface area contributed by atoms with E-state index < -0.39 is 11.7 Å². The maximum atomic E-state index is 12.4. The summed E-state index contributed by atoms with van der Waals surface area (Å²) in [5.74, 6) is 1.48. The molecule has 1 N–H and O–H groups in total. The fourth-order valence-corrected chi connectivity index (χ4v) is 3.29. The van der Waals surface area contributed by atoms with Crippen LogP contribution in [0.15, 0.2) is 18.3 Å². The smallest absolute Gasteiger partial charge is 0.417 e. The topological polar surface area (TPSA) is 51.2 Å². The van der Waals surface area contributed by atoms with Gasteiger partial charge >= 0.3 is 6.18 Å². The number of carbonyl (C=O) groups excluding carboxylic acids is 1. The van der Waals surface area contributed by atoms with Crippen LogP contribution in [-0.2, 0) is 11.0 Å². The Morgan fingerprint density at radius 1 is 1.32 bits per heavy atom. The molecule has 2 aliphatic carbocycles. The molecular formula is C15H17F3N2O2. The zero-order valence-corrected chi connectivity index (χ0v) is 11.9. The fourth-order valence-electron chi connectivity index (χ4n) is 3.29. The highest BCUT2D eigenvalue weighted by Crippen LogP contribution is 2.57. The van der Waals surface area contributed by atoms with Crippen LogP contribution in [0, 0.1) is 17.8 Å². The fraction of sp³-hybridized carbons (Fsp3) is 0.600. The summed E-state index contributed by atoms with van der Waals surface area (Å²) in [6.45, 7) is 0.517. The Kier molecular flexibility index (Phi) is 3.97. The summed E-state index contributed by atoms with van der Waals surface area (Å²) in [5, 5.41) is 2.81. The number of ether oxygens (including phenoxy) is 1. The Balaban J connectivity index is 1.37. The average Bonchev–Trinajstić information content (AvgIpc) is 2.96. The lowest BCUT2D eigenvalue weighted by atomic mass is 10.1. The third kappa shape index (κ3) is 3.18. The molecule has 120 valence electrons. The standard InChI is InChI=1S/C15H17F3N2O2/c16-15(17,18)9-4-5-12(20-8-9)22-7-6-19-14(21)13-10-2-1-3-11(10)13/h4-5,8,10-11,13H,1-3,6-7H2,(H,19,21)/t10-,11+,13?. The van der Waals surface area contributed by atoms with Gasteiger partial charge in [-0.15, -0.1) is 0 Å². The lowest BCUT2D eigenvalue weighted by Gasteiger charge is -2.09. The molecule has 2 saturated carbocycles. The van der Waals surface area contributed by atoms with Crippen LogP contribution in [0.4, 0.5) is 13.2 Å². The molecule has 2 aliphatic rings. The van der Waals surface area contributed by atoms with Crippen LogP contribution in [0.25, 0.3) is 0 Å². The van der Waals surface area contributed by atoms with Gasteiger partial charge in [-0.05, 0) is 30.7 Å². The van der Waals surface area contributed by atoms with Gasteiger partial charge in [0.05, 0.1) is 12.1 Å². The Morgan fingerprint density at radius 2 is 2.05 bits per heavy atom. The van der Waals surface area contributed by atoms with Crippen LogP contribution >= 0.6 is 0 Å². The van der Waals surface area contributed by atoms with E-state index in [0.29, 0.717) is 18.4 Å². The van der Waals surface area contributed by atoms with Crippen LogP contribution in [-0.4, -0.2) is 24.0 Å². The third-order valence-corrected chi connectivity index (χ3v) is 4.42. The first kappa shape index (κ1) is 15.1. The van der Waals surface area contributed by atoms with E-state index in [1.165, 1.54) is 12.5 Å². The minimum absolute atomic E-state index is 0.0682. The van der Waals surface area contributed by atoms with E-state index in [1.54, 1.807) is 0 Å². The van der Waals surface area contributed by atoms with Gasteiger partial charge in [-0.1, -0.05) is 6.42 Å². The third-order valence-electron chi connectivity index (χ3n) is 4.42. The first-order chi connectivity index (χ1) is 10.5. The van der Waals surface area contributed by atoms with E-state index in [4.69, 9.17) is 4.74 Å². The van der Waals surface area contributed by atoms with E-state index >= 15 is 0 Å². The number of hydrogen-bond donors (Lipinski definition) is 1. The number of hydrogen-bond acceptors (Lipinski definition) is 3. The van der Waals surface area contributed by atoms with Crippen molar-refractivity contribution in [2.75, 3.05) is 13.2 Å². The van der Waals surface area contributed by atoms with Gasteiger partial charge in [-0.25, -0.2) is 4.98 Å². The first-order valence-corrected chi connectivity index (χ1v) is 7.40. The van der Waals surface area contributed by atoms with E-state index in [9.17, 15) is 18.0 Å². The number of pyridine rings is 1. The predicted molar refractivity (Wildman–Crippen MR) is 72.1 cm³/mol. The summed E-state index contributed by atoms with van der Waals surface area (Å²) in [6.07, 6.45) is -0.146. The molecule has 0 radical (unpaired) electrons. The molecule has 0 aliphatic heterocycles. The van der Waals surface area contributed by atoms with E-state index in [1.807, 2.05) is 0 Å². The molecule has 0 aromatic carbocycles. The minimum Gasteiger partial charge on any atom is -0.476 e. The van der Waals surface area contributed by atoms with Gasteiger partial charge in [0, 0.05) is 18.2 Å². The van der Waals surface area contributed by atoms with Gasteiger partial charge in [0.1, 0.15) is 6.61 Å². The van der Waals surface area contributed by atoms with Crippen LogP contribution in [0.2, 0.25) is 0 Å². The zero-order chi connectivity index (χ0) is 15.7. The van der Waals surface area contributed by atoms with Crippen molar-refractivity contribution >= 4 is 5.91 Å². The van der Waals surface area contributed by atoms with Crippen molar-refractivity contribution in [2.45, 2.75) is 25.4 Å². The van der Waals surface area contributed by atoms with Crippen molar-refractivity contribution in [3.05, 3.63) is 23.9 Å². The second-order valence-corrected chi connectivity index (χ2v) is 5.81. The summed E-state index contributed by atoms with van der Waals surface area (Å²) in [6, 6.07) is 2.10. The number of nitrogens with zero attached hydrogens (tertiary/aromatic N) is 1. The van der Waals surface area contributed by atoms with Crippen molar-refractivity contribution in [3.63, 3.8) is 0 Å². The zero-order valence-electron chi connectivity index (χ0n) is 11.9. The van der Waals surface area contributed by atoms with Gasteiger partial charge in [0.15, 0.2) is 0 Å². The van der Waals surface area contributed by atoms with Crippen LogP contribution < -0.4 is 10.1 Å². The van der Waals surface area contributed by atoms with Crippen LogP contribution in [0.1, 0.15) is 24.8 Å². The molecule has 0 saturated heterocycles. The number of alkyl halides is 3. The van der Waals surface area contributed by atoms with Gasteiger partial charge in [0.2, 0.25) is 11.8 Å². The molecular weight excluding hydrogens is 297 g/mol. The number of rotatable bonds is 5. The highest BCUT2D eigenvalue weighted by atomic mass is 19.4. The van der Waals surface area contributed by atoms with Gasteiger partial charge in [0.25, 0.3) is 0 Å². The lowest BCUT2D eigenvalue weighted by Crippen LogP contribution is -2.30. The van der Waals surface area contributed by atoms with Crippen molar-refractivity contribution in [2.24, 2.45) is 17.8 Å². The molecule has 22 heavy (non-hydrogen) atoms. The Morgan fingerprint density at radius 3 is 2.64 bits per heavy atom. The largest absolute Gasteiger partial charge is 0.476 e. The number of aromatic nitrogens is 1. The number of fused-ring (bicyclic) bond motifs is 1. The number of halogens is 3. The second kappa shape index (κ2) is 5.78. The molecule has 0 bridgehead atoms. The Bertz CT molecular complexity index is 535. The van der Waals surface area contributed by atoms with Gasteiger partial charge in [-0.3, -0.25) is 4.79 Å². The normalized spacial score (nSPS) is 26.4. The van der Waals surface area contributed by atoms with E-state index in [2.05, 4.69) is 10.3 Å². The molecule has 2 fully saturated rings. The highest BCUT2D eigenvalue weighted by Gasteiger charge is 2.56. The molecule has 3 rings (SSSR count). The average molecular weight is 314 g/mol. The number of amides is 1. The lowest BCUT2D eigenvalue weighted by molar-refractivity contribution is -0.137. The van der Waals surface area contributed by atoms with Crippen LogP contribution in [0.5, 0.6) is 5.88 Å². The van der Waals surface area contributed by atoms with Crippen molar-refractivity contribution in [3.8, 4) is 5.88 Å². The monoisotopic (exact) mass is 314 g/mol. The molecule has 1 heterocycles. The van der Waals surface area contributed by atoms with E-state index in [-0.39, 0.29) is 24.3 Å². The molecule has 1 aromatic heterocycles. The Hall–Kier alpha value is -1.79. The first-order valence-electron chi connectivity index (χ1n) is 7.40. The summed E-state index contributed by atoms with van der Waals surface area (Å²) in [7, 11) is 0. The molecule has 4 nitrogen and oxygen atoms in total. The molecule has 1 aromatic rings. The van der Waals surface area contributed by atoms with Gasteiger partial charge < -0.3 is 10.1 Å². The summed E-state index contributed by atoms with van der Waals surface area (Å²) in [4.78, 5) is 15.5. The molecule has 7 heteroatoms. The summed E-state index contributed by atoms with van der Waals surface area (Å²) >= 11 is 0. The van der Waals surface area contributed by atoms with E-state index in [0.717, 1.165) is 25.1 Å². The van der Waals surface area contributed by atoms with Crippen molar-refractivity contribution < 1.29 is 22.7 Å². The van der Waals surface area contributed by atoms with Crippen LogP contribution in [0.3, 0.4) is 0 Å². The number of nitrogens with one attached hydrogen (secondary N) is 1. The molecule has 3 atom stereocenters. The summed E-state index contributed by atoms with van der Waals surface area (Å²) in [5.41, 5.74) is -0.812. The predicted octanol–water partition coefficient (Wildman–Crippen LogP) is 2.64. The Labute approximate surface area is 126 Å². The van der Waals surface area contributed by atoms with Crippen molar-refractivity contribution in [1.82, 2.24) is 10.3 Å².